The zero-order valence-corrected chi connectivity index (χ0v) is 6.27. The van der Waals surface area contributed by atoms with Crippen molar-refractivity contribution in [2.45, 2.75) is 12.8 Å². The fourth-order valence-electron chi connectivity index (χ4n) is 0.736. The van der Waals surface area contributed by atoms with Gasteiger partial charge in [-0.25, -0.2) is 0 Å². The number of rotatable bonds is 2. The van der Waals surface area contributed by atoms with E-state index in [0.717, 1.165) is 6.07 Å². The first-order valence-corrected chi connectivity index (χ1v) is 3.14. The molecule has 1 rings (SSSR count). The van der Waals surface area contributed by atoms with Crippen LogP contribution in [0.2, 0.25) is 0 Å². The number of hydrogen-bond acceptors (Lipinski definition) is 2. The fraction of sp³-hybridized carbons (Fsp3) is 0.500. The van der Waals surface area contributed by atoms with E-state index in [-0.39, 0.29) is 6.61 Å². The molecule has 0 spiro atoms. The van der Waals surface area contributed by atoms with Crippen molar-refractivity contribution in [1.29, 1.82) is 0 Å². The summed E-state index contributed by atoms with van der Waals surface area (Å²) in [6.45, 7) is 0.100. The van der Waals surface area contributed by atoms with Crippen molar-refractivity contribution < 1.29 is 17.9 Å². The first-order chi connectivity index (χ1) is 5.54. The molecule has 0 bridgehead atoms. The molecule has 1 N–H and O–H groups in total. The Morgan fingerprint density at radius 2 is 2.25 bits per heavy atom. The van der Waals surface area contributed by atoms with Crippen molar-refractivity contribution >= 4 is 0 Å². The number of ether oxygens (including phenoxy) is 1. The van der Waals surface area contributed by atoms with E-state index >= 15 is 0 Å². The second-order valence-electron chi connectivity index (χ2n) is 2.21. The van der Waals surface area contributed by atoms with Crippen molar-refractivity contribution in [3.05, 3.63) is 17.5 Å². The predicted octanol–water partition coefficient (Wildman–Crippen LogP) is 1.57. The summed E-state index contributed by atoms with van der Waals surface area (Å²) in [5, 5.41) is 5.29. The summed E-state index contributed by atoms with van der Waals surface area (Å²) < 4.78 is 40.4. The molecule has 12 heavy (non-hydrogen) atoms. The van der Waals surface area contributed by atoms with E-state index in [0.29, 0.717) is 5.69 Å². The van der Waals surface area contributed by atoms with Gasteiger partial charge < -0.3 is 4.74 Å². The maximum atomic E-state index is 11.9. The molecule has 0 aromatic carbocycles. The lowest BCUT2D eigenvalue weighted by atomic mass is 10.3. The zero-order chi connectivity index (χ0) is 9.19. The third-order valence-electron chi connectivity index (χ3n) is 1.22. The number of nitrogens with one attached hydrogen (secondary N) is 1. The van der Waals surface area contributed by atoms with Crippen molar-refractivity contribution in [3.8, 4) is 0 Å². The summed E-state index contributed by atoms with van der Waals surface area (Å²) in [4.78, 5) is 0. The second kappa shape index (κ2) is 3.14. The number of halogens is 3. The summed E-state index contributed by atoms with van der Waals surface area (Å²) in [6, 6.07) is 0.920. The number of hydrogen-bond donors (Lipinski definition) is 1. The largest absolute Gasteiger partial charge is 0.435 e. The number of aromatic nitrogens is 2. The highest BCUT2D eigenvalue weighted by molar-refractivity contribution is 5.10. The molecule has 0 aliphatic heterocycles. The van der Waals surface area contributed by atoms with Gasteiger partial charge in [-0.2, -0.15) is 18.3 Å². The minimum Gasteiger partial charge on any atom is -0.378 e. The maximum Gasteiger partial charge on any atom is 0.435 e. The monoisotopic (exact) mass is 180 g/mol. The Labute approximate surface area is 66.5 Å². The average Bonchev–Trinajstić information content (AvgIpc) is 2.35. The summed E-state index contributed by atoms with van der Waals surface area (Å²) in [5.74, 6) is 0. The maximum absolute atomic E-state index is 11.9. The Bertz CT molecular complexity index is 256. The third kappa shape index (κ3) is 1.97. The topological polar surface area (TPSA) is 37.9 Å². The molecule has 0 aliphatic rings. The van der Waals surface area contributed by atoms with E-state index in [1.807, 2.05) is 0 Å². The third-order valence-corrected chi connectivity index (χ3v) is 1.22. The van der Waals surface area contributed by atoms with Crippen LogP contribution in [-0.4, -0.2) is 17.3 Å². The lowest BCUT2D eigenvalue weighted by Gasteiger charge is -1.98. The molecule has 0 saturated carbocycles. The first-order valence-electron chi connectivity index (χ1n) is 3.14. The van der Waals surface area contributed by atoms with Gasteiger partial charge in [0, 0.05) is 7.11 Å². The van der Waals surface area contributed by atoms with Crippen LogP contribution < -0.4 is 0 Å². The van der Waals surface area contributed by atoms with Gasteiger partial charge in [-0.15, -0.1) is 0 Å². The van der Waals surface area contributed by atoms with Gasteiger partial charge in [0.1, 0.15) is 0 Å². The van der Waals surface area contributed by atoms with Gasteiger partial charge in [-0.05, 0) is 6.07 Å². The van der Waals surface area contributed by atoms with Crippen LogP contribution in [0.1, 0.15) is 11.4 Å². The first kappa shape index (κ1) is 9.05. The van der Waals surface area contributed by atoms with Gasteiger partial charge >= 0.3 is 6.18 Å². The van der Waals surface area contributed by atoms with Crippen molar-refractivity contribution in [2.75, 3.05) is 7.11 Å². The minimum absolute atomic E-state index is 0.100. The van der Waals surface area contributed by atoms with Crippen LogP contribution in [-0.2, 0) is 17.5 Å². The second-order valence-corrected chi connectivity index (χ2v) is 2.21. The van der Waals surface area contributed by atoms with Gasteiger partial charge in [0.05, 0.1) is 12.3 Å². The zero-order valence-electron chi connectivity index (χ0n) is 6.27. The van der Waals surface area contributed by atoms with Crippen molar-refractivity contribution in [1.82, 2.24) is 10.2 Å². The van der Waals surface area contributed by atoms with Gasteiger partial charge in [-0.1, -0.05) is 0 Å². The van der Waals surface area contributed by atoms with Gasteiger partial charge in [0.15, 0.2) is 5.69 Å². The number of aromatic amines is 1. The van der Waals surface area contributed by atoms with Crippen LogP contribution in [0.15, 0.2) is 6.07 Å². The predicted molar refractivity (Wildman–Crippen MR) is 34.3 cm³/mol. The van der Waals surface area contributed by atoms with E-state index in [1.54, 1.807) is 0 Å². The molecule has 0 saturated heterocycles. The lowest BCUT2D eigenvalue weighted by molar-refractivity contribution is -0.141. The van der Waals surface area contributed by atoms with E-state index in [1.165, 1.54) is 7.11 Å². The number of methoxy groups -OCH3 is 1. The van der Waals surface area contributed by atoms with Crippen LogP contribution in [0.25, 0.3) is 0 Å². The molecule has 1 aromatic rings. The molecule has 1 heterocycles. The molecule has 0 atom stereocenters. The molecule has 6 heteroatoms. The summed E-state index contributed by atoms with van der Waals surface area (Å²) >= 11 is 0. The minimum atomic E-state index is -4.39. The van der Waals surface area contributed by atoms with E-state index in [9.17, 15) is 13.2 Å². The molecule has 0 radical (unpaired) electrons. The van der Waals surface area contributed by atoms with E-state index < -0.39 is 11.9 Å². The molecule has 3 nitrogen and oxygen atoms in total. The quantitative estimate of drug-likeness (QED) is 0.750. The Morgan fingerprint density at radius 1 is 1.58 bits per heavy atom. The molecule has 0 fully saturated rings. The highest BCUT2D eigenvalue weighted by Crippen LogP contribution is 2.27. The molecule has 68 valence electrons. The Morgan fingerprint density at radius 3 is 2.67 bits per heavy atom. The van der Waals surface area contributed by atoms with E-state index in [4.69, 9.17) is 0 Å². The highest BCUT2D eigenvalue weighted by atomic mass is 19.4. The molecular formula is C6H7F3N2O. The normalized spacial score (nSPS) is 12.0. The Balaban J connectivity index is 2.77. The van der Waals surface area contributed by atoms with E-state index in [2.05, 4.69) is 14.9 Å². The summed E-state index contributed by atoms with van der Waals surface area (Å²) in [7, 11) is 1.40. The van der Waals surface area contributed by atoms with Crippen molar-refractivity contribution in [2.24, 2.45) is 0 Å². The highest BCUT2D eigenvalue weighted by Gasteiger charge is 2.33. The number of H-pyrrole nitrogens is 1. The number of alkyl halides is 3. The van der Waals surface area contributed by atoms with Gasteiger partial charge in [0.25, 0.3) is 0 Å². The van der Waals surface area contributed by atoms with Crippen molar-refractivity contribution in [3.63, 3.8) is 0 Å². The summed E-state index contributed by atoms with van der Waals surface area (Å²) in [5.41, 5.74) is -0.612. The van der Waals surface area contributed by atoms with Crippen LogP contribution in [0.4, 0.5) is 13.2 Å². The van der Waals surface area contributed by atoms with Crippen LogP contribution in [0.5, 0.6) is 0 Å². The molecule has 0 amide bonds. The number of nitrogens with zero attached hydrogens (tertiary/aromatic N) is 1. The van der Waals surface area contributed by atoms with Gasteiger partial charge in [0.2, 0.25) is 0 Å². The molecular weight excluding hydrogens is 173 g/mol. The Hall–Kier alpha value is -1.04. The standard InChI is InChI=1S/C6H7F3N2O/c1-12-3-4-2-5(11-10-4)6(7,8)9/h2H,3H2,1H3,(H,10,11). The SMILES string of the molecule is COCc1cc(C(F)(F)F)n[nH]1. The Kier molecular flexibility index (Phi) is 2.37. The van der Waals surface area contributed by atoms with Crippen LogP contribution >= 0.6 is 0 Å². The fourth-order valence-corrected chi connectivity index (χ4v) is 0.736. The summed E-state index contributed by atoms with van der Waals surface area (Å²) in [6.07, 6.45) is -4.39. The smallest absolute Gasteiger partial charge is 0.378 e. The van der Waals surface area contributed by atoms with Crippen LogP contribution in [0.3, 0.4) is 0 Å². The molecule has 0 unspecified atom stereocenters. The lowest BCUT2D eigenvalue weighted by Crippen LogP contribution is -2.04. The van der Waals surface area contributed by atoms with Crippen LogP contribution in [0, 0.1) is 0 Å². The van der Waals surface area contributed by atoms with Gasteiger partial charge in [-0.3, -0.25) is 5.10 Å². The molecule has 0 aliphatic carbocycles. The molecule has 1 aromatic heterocycles. The average molecular weight is 180 g/mol.